The number of phenols is 1. The smallest absolute Gasteiger partial charge is 0.336 e. The minimum Gasteiger partial charge on any atom is -0.507 e. The maximum atomic E-state index is 12.6. The van der Waals surface area contributed by atoms with E-state index in [1.54, 1.807) is 52.0 Å². The number of aromatic carboxylic acids is 1. The highest BCUT2D eigenvalue weighted by molar-refractivity contribution is 6.07. The molecule has 2 N–H and O–H groups in total. The molecule has 0 saturated carbocycles. The molecule has 0 bridgehead atoms. The van der Waals surface area contributed by atoms with Gasteiger partial charge in [0.2, 0.25) is 0 Å². The lowest BCUT2D eigenvalue weighted by molar-refractivity contribution is 0.0694. The second kappa shape index (κ2) is 8.30. The molecule has 0 heterocycles. The van der Waals surface area contributed by atoms with Gasteiger partial charge in [0.05, 0.1) is 11.7 Å². The van der Waals surface area contributed by atoms with Crippen LogP contribution in [0.1, 0.15) is 62.4 Å². The normalized spacial score (nSPS) is 11.2. The van der Waals surface area contributed by atoms with Gasteiger partial charge in [-0.25, -0.2) is 4.79 Å². The Morgan fingerprint density at radius 2 is 1.57 bits per heavy atom. The summed E-state index contributed by atoms with van der Waals surface area (Å²) in [5.41, 5.74) is 3.74. The lowest BCUT2D eigenvalue weighted by Crippen LogP contribution is -2.12. The predicted octanol–water partition coefficient (Wildman–Crippen LogP) is 5.01. The fourth-order valence-electron chi connectivity index (χ4n) is 3.20. The number of aryl methyl sites for hydroxylation is 3. The summed E-state index contributed by atoms with van der Waals surface area (Å²) in [6, 6.07) is 5.00. The number of aromatic hydroxyl groups is 1. The summed E-state index contributed by atoms with van der Waals surface area (Å²) in [7, 11) is 0. The van der Waals surface area contributed by atoms with E-state index in [1.165, 1.54) is 6.08 Å². The third-order valence-electron chi connectivity index (χ3n) is 4.50. The zero-order valence-electron chi connectivity index (χ0n) is 17.1. The molecule has 0 amide bonds. The Bertz CT molecular complexity index is 944. The fraction of sp³-hybridized carbons (Fsp3) is 0.304. The molecule has 5 heteroatoms. The number of ketones is 1. The molecule has 28 heavy (non-hydrogen) atoms. The number of rotatable bonds is 6. The van der Waals surface area contributed by atoms with E-state index in [4.69, 9.17) is 4.74 Å². The number of hydrogen-bond acceptors (Lipinski definition) is 4. The van der Waals surface area contributed by atoms with Crippen molar-refractivity contribution >= 4 is 17.8 Å². The van der Waals surface area contributed by atoms with Gasteiger partial charge in [0.15, 0.2) is 5.78 Å². The third-order valence-corrected chi connectivity index (χ3v) is 4.50. The highest BCUT2D eigenvalue weighted by Gasteiger charge is 2.19. The zero-order valence-corrected chi connectivity index (χ0v) is 17.1. The van der Waals surface area contributed by atoms with Gasteiger partial charge in [-0.2, -0.15) is 0 Å². The molecule has 0 saturated heterocycles. The number of carbonyl (C=O) groups is 2. The molecule has 0 aliphatic heterocycles. The monoisotopic (exact) mass is 382 g/mol. The lowest BCUT2D eigenvalue weighted by Gasteiger charge is -2.18. The summed E-state index contributed by atoms with van der Waals surface area (Å²) in [4.78, 5) is 24.2. The van der Waals surface area contributed by atoms with Crippen molar-refractivity contribution in [2.45, 2.75) is 47.6 Å². The van der Waals surface area contributed by atoms with Crippen molar-refractivity contribution in [3.8, 4) is 11.5 Å². The standard InChI is InChI=1S/C23H26O5/c1-12(2)28-22-16(6)20(23(26)27)13(3)9-17(22)7-8-19(24)18-10-14(4)21(25)15(5)11-18/h7-12,25H,1-6H3,(H,26,27). The van der Waals surface area contributed by atoms with Crippen LogP contribution in [0.25, 0.3) is 6.08 Å². The molecule has 0 spiro atoms. The third kappa shape index (κ3) is 4.42. The molecule has 2 aromatic rings. The van der Waals surface area contributed by atoms with Crippen molar-refractivity contribution < 1.29 is 24.5 Å². The molecule has 0 atom stereocenters. The van der Waals surface area contributed by atoms with Crippen LogP contribution >= 0.6 is 0 Å². The molecule has 5 nitrogen and oxygen atoms in total. The molecule has 2 rings (SSSR count). The summed E-state index contributed by atoms with van der Waals surface area (Å²) in [5, 5.41) is 19.4. The minimum absolute atomic E-state index is 0.145. The average molecular weight is 382 g/mol. The second-order valence-corrected chi connectivity index (χ2v) is 7.24. The summed E-state index contributed by atoms with van der Waals surface area (Å²) in [6.45, 7) is 10.6. The van der Waals surface area contributed by atoms with Gasteiger partial charge < -0.3 is 14.9 Å². The zero-order chi connectivity index (χ0) is 21.2. The number of carbonyl (C=O) groups excluding carboxylic acids is 1. The van der Waals surface area contributed by atoms with Crippen molar-refractivity contribution in [1.82, 2.24) is 0 Å². The van der Waals surface area contributed by atoms with Gasteiger partial charge in [0.25, 0.3) is 0 Å². The molecule has 2 aromatic carbocycles. The Labute approximate surface area is 165 Å². The summed E-state index contributed by atoms with van der Waals surface area (Å²) in [6.07, 6.45) is 2.93. The van der Waals surface area contributed by atoms with Crippen molar-refractivity contribution in [1.29, 1.82) is 0 Å². The highest BCUT2D eigenvalue weighted by Crippen LogP contribution is 2.32. The van der Waals surface area contributed by atoms with E-state index in [0.717, 1.165) is 0 Å². The first-order valence-electron chi connectivity index (χ1n) is 9.09. The number of hydrogen-bond donors (Lipinski definition) is 2. The fourth-order valence-corrected chi connectivity index (χ4v) is 3.20. The van der Waals surface area contributed by atoms with Gasteiger partial charge in [-0.15, -0.1) is 0 Å². The van der Waals surface area contributed by atoms with Gasteiger partial charge in [-0.1, -0.05) is 0 Å². The van der Waals surface area contributed by atoms with Gasteiger partial charge in [-0.05, 0) is 88.6 Å². The van der Waals surface area contributed by atoms with Crippen LogP contribution in [0.2, 0.25) is 0 Å². The Morgan fingerprint density at radius 1 is 1.00 bits per heavy atom. The highest BCUT2D eigenvalue weighted by atomic mass is 16.5. The molecule has 148 valence electrons. The number of phenolic OH excluding ortho intramolecular Hbond substituents is 1. The van der Waals surface area contributed by atoms with E-state index < -0.39 is 5.97 Å². The van der Waals surface area contributed by atoms with E-state index in [1.807, 2.05) is 13.8 Å². The SMILES string of the molecule is Cc1cc(C(=O)C=Cc2cc(C)c(C(=O)O)c(C)c2OC(C)C)cc(C)c1O. The lowest BCUT2D eigenvalue weighted by atomic mass is 9.96. The van der Waals surface area contributed by atoms with Crippen LogP contribution in [0.5, 0.6) is 11.5 Å². The Morgan fingerprint density at radius 3 is 2.07 bits per heavy atom. The molecule has 0 aliphatic carbocycles. The number of allylic oxidation sites excluding steroid dienone is 1. The van der Waals surface area contributed by atoms with E-state index in [2.05, 4.69) is 0 Å². The first-order chi connectivity index (χ1) is 13.0. The summed E-state index contributed by atoms with van der Waals surface area (Å²) >= 11 is 0. The van der Waals surface area contributed by atoms with Crippen molar-refractivity contribution in [2.75, 3.05) is 0 Å². The molecule has 0 aliphatic rings. The molecule has 0 unspecified atom stereocenters. The number of benzene rings is 2. The largest absolute Gasteiger partial charge is 0.507 e. The molecular weight excluding hydrogens is 356 g/mol. The number of ether oxygens (including phenoxy) is 1. The van der Waals surface area contributed by atoms with E-state index in [-0.39, 0.29) is 23.2 Å². The van der Waals surface area contributed by atoms with E-state index >= 15 is 0 Å². The van der Waals surface area contributed by atoms with Gasteiger partial charge in [-0.3, -0.25) is 4.79 Å². The van der Waals surface area contributed by atoms with Crippen LogP contribution < -0.4 is 4.74 Å². The Balaban J connectivity index is 2.49. The average Bonchev–Trinajstić information content (AvgIpc) is 2.59. The number of carboxylic acids is 1. The van der Waals surface area contributed by atoms with Crippen LogP contribution in [0.4, 0.5) is 0 Å². The van der Waals surface area contributed by atoms with Crippen LogP contribution in [0.3, 0.4) is 0 Å². The summed E-state index contributed by atoms with van der Waals surface area (Å²) in [5.74, 6) is -0.576. The Kier molecular flexibility index (Phi) is 6.29. The first-order valence-corrected chi connectivity index (χ1v) is 9.09. The van der Waals surface area contributed by atoms with Crippen molar-refractivity contribution in [3.05, 3.63) is 63.2 Å². The van der Waals surface area contributed by atoms with Gasteiger partial charge in [0, 0.05) is 16.7 Å². The molecule has 0 fully saturated rings. The van der Waals surface area contributed by atoms with Crippen LogP contribution in [-0.2, 0) is 0 Å². The molecule has 0 radical (unpaired) electrons. The van der Waals surface area contributed by atoms with Crippen molar-refractivity contribution in [2.24, 2.45) is 0 Å². The van der Waals surface area contributed by atoms with Crippen LogP contribution in [0, 0.1) is 27.7 Å². The predicted molar refractivity (Wildman–Crippen MR) is 110 cm³/mol. The van der Waals surface area contributed by atoms with E-state index in [9.17, 15) is 19.8 Å². The minimum atomic E-state index is -1.01. The van der Waals surface area contributed by atoms with Gasteiger partial charge >= 0.3 is 5.97 Å². The number of carboxylic acid groups (broad SMARTS) is 1. The van der Waals surface area contributed by atoms with Crippen molar-refractivity contribution in [3.63, 3.8) is 0 Å². The molecule has 0 aromatic heterocycles. The second-order valence-electron chi connectivity index (χ2n) is 7.24. The topological polar surface area (TPSA) is 83.8 Å². The first kappa shape index (κ1) is 21.2. The van der Waals surface area contributed by atoms with Gasteiger partial charge in [0.1, 0.15) is 11.5 Å². The van der Waals surface area contributed by atoms with Crippen LogP contribution in [-0.4, -0.2) is 28.1 Å². The maximum absolute atomic E-state index is 12.6. The summed E-state index contributed by atoms with van der Waals surface area (Å²) < 4.78 is 5.85. The molecular formula is C23H26O5. The van der Waals surface area contributed by atoms with E-state index in [0.29, 0.717) is 39.1 Å². The Hall–Kier alpha value is -3.08. The quantitative estimate of drug-likeness (QED) is 0.542. The van der Waals surface area contributed by atoms with Crippen LogP contribution in [0.15, 0.2) is 24.3 Å². The maximum Gasteiger partial charge on any atom is 0.336 e.